The minimum Gasteiger partial charge on any atom is -0.364 e. The monoisotopic (exact) mass is 202 g/mol. The van der Waals surface area contributed by atoms with E-state index in [1.165, 1.54) is 0 Å². The lowest BCUT2D eigenvalue weighted by Crippen LogP contribution is -2.26. The molecule has 0 radical (unpaired) electrons. The van der Waals surface area contributed by atoms with Crippen LogP contribution >= 0.6 is 0 Å². The quantitative estimate of drug-likeness (QED) is 0.547. The maximum Gasteiger partial charge on any atom is 0.176 e. The zero-order valence-electron chi connectivity index (χ0n) is 8.95. The second kappa shape index (κ2) is 4.40. The van der Waals surface area contributed by atoms with Gasteiger partial charge in [0.15, 0.2) is 12.1 Å². The highest BCUT2D eigenvalue weighted by molar-refractivity contribution is 4.91. The first kappa shape index (κ1) is 11.7. The molecule has 0 spiro atoms. The van der Waals surface area contributed by atoms with Gasteiger partial charge in [0.2, 0.25) is 0 Å². The van der Waals surface area contributed by atoms with E-state index in [9.17, 15) is 5.11 Å². The Labute approximate surface area is 84.5 Å². The van der Waals surface area contributed by atoms with Gasteiger partial charge in [0.1, 0.15) is 6.10 Å². The maximum atomic E-state index is 9.30. The molecule has 0 bridgehead atoms. The summed E-state index contributed by atoms with van der Waals surface area (Å²) in [6.45, 7) is 9.80. The summed E-state index contributed by atoms with van der Waals surface area (Å²) in [6, 6.07) is 0. The number of hydrogen-bond donors (Lipinski definition) is 1. The predicted molar refractivity (Wildman–Crippen MR) is 51.7 cm³/mol. The molecule has 1 N–H and O–H groups in total. The van der Waals surface area contributed by atoms with Crippen molar-refractivity contribution in [3.05, 3.63) is 12.2 Å². The maximum absolute atomic E-state index is 9.30. The van der Waals surface area contributed by atoms with Gasteiger partial charge in [-0.05, 0) is 26.3 Å². The molecular weight excluding hydrogens is 184 g/mol. The fraction of sp³-hybridized carbons (Fsp3) is 0.800. The summed E-state index contributed by atoms with van der Waals surface area (Å²) in [5, 5.41) is 9.30. The van der Waals surface area contributed by atoms with Gasteiger partial charge in [-0.25, -0.2) is 0 Å². The van der Waals surface area contributed by atoms with Crippen LogP contribution in [0.3, 0.4) is 0 Å². The second-order valence-corrected chi connectivity index (χ2v) is 3.98. The van der Waals surface area contributed by atoms with Crippen molar-refractivity contribution in [2.45, 2.75) is 39.0 Å². The molecular formula is C10H18O4. The molecule has 0 aliphatic carbocycles. The number of aliphatic hydroxyl groups excluding tert-OH is 1. The van der Waals surface area contributed by atoms with Crippen molar-refractivity contribution in [1.82, 2.24) is 0 Å². The lowest BCUT2D eigenvalue weighted by atomic mass is 10.3. The molecule has 2 unspecified atom stereocenters. The summed E-state index contributed by atoms with van der Waals surface area (Å²) in [6.07, 6.45) is -1.03. The van der Waals surface area contributed by atoms with Gasteiger partial charge in [-0.15, -0.1) is 0 Å². The van der Waals surface area contributed by atoms with E-state index in [1.807, 2.05) is 13.8 Å². The number of ether oxygens (including phenoxy) is 3. The zero-order chi connectivity index (χ0) is 10.8. The molecule has 1 aliphatic heterocycles. The molecule has 4 nitrogen and oxygen atoms in total. The largest absolute Gasteiger partial charge is 0.364 e. The van der Waals surface area contributed by atoms with Crippen LogP contribution < -0.4 is 0 Å². The van der Waals surface area contributed by atoms with Crippen LogP contribution in [0.1, 0.15) is 20.8 Å². The zero-order valence-corrected chi connectivity index (χ0v) is 8.95. The van der Waals surface area contributed by atoms with Gasteiger partial charge in [0.25, 0.3) is 0 Å². The van der Waals surface area contributed by atoms with Crippen molar-refractivity contribution in [1.29, 1.82) is 0 Å². The van der Waals surface area contributed by atoms with E-state index in [4.69, 9.17) is 14.2 Å². The summed E-state index contributed by atoms with van der Waals surface area (Å²) in [4.78, 5) is 0. The molecule has 2 atom stereocenters. The van der Waals surface area contributed by atoms with E-state index in [1.54, 1.807) is 6.92 Å². The Balaban J connectivity index is 2.24. The van der Waals surface area contributed by atoms with Gasteiger partial charge in [0, 0.05) is 0 Å². The fourth-order valence-corrected chi connectivity index (χ4v) is 1.19. The summed E-state index contributed by atoms with van der Waals surface area (Å²) < 4.78 is 16.0. The third kappa shape index (κ3) is 3.38. The summed E-state index contributed by atoms with van der Waals surface area (Å²) in [5.74, 6) is -0.539. The topological polar surface area (TPSA) is 47.9 Å². The van der Waals surface area contributed by atoms with E-state index in [0.717, 1.165) is 0 Å². The van der Waals surface area contributed by atoms with Crippen LogP contribution in [-0.2, 0) is 14.2 Å². The van der Waals surface area contributed by atoms with Crippen LogP contribution in [0.15, 0.2) is 12.2 Å². The fourth-order valence-electron chi connectivity index (χ4n) is 1.19. The number of hydrogen-bond acceptors (Lipinski definition) is 4. The third-order valence-electron chi connectivity index (χ3n) is 1.93. The van der Waals surface area contributed by atoms with Gasteiger partial charge in [-0.2, -0.15) is 0 Å². The van der Waals surface area contributed by atoms with Crippen molar-refractivity contribution in [3.8, 4) is 0 Å². The SMILES string of the molecule is C=C(C)C(O)OCC1COC(C)(C)O1. The Kier molecular flexibility index (Phi) is 3.66. The molecule has 0 saturated carbocycles. The lowest BCUT2D eigenvalue weighted by Gasteiger charge is -2.18. The van der Waals surface area contributed by atoms with E-state index >= 15 is 0 Å². The minimum atomic E-state index is -0.915. The van der Waals surface area contributed by atoms with Gasteiger partial charge in [-0.3, -0.25) is 0 Å². The first-order chi connectivity index (χ1) is 6.41. The van der Waals surface area contributed by atoms with Crippen molar-refractivity contribution in [3.63, 3.8) is 0 Å². The van der Waals surface area contributed by atoms with Gasteiger partial charge in [0.05, 0.1) is 13.2 Å². The van der Waals surface area contributed by atoms with Crippen LogP contribution in [0.2, 0.25) is 0 Å². The molecule has 1 heterocycles. The molecule has 1 saturated heterocycles. The summed E-state index contributed by atoms with van der Waals surface area (Å²) in [5.41, 5.74) is 0.586. The highest BCUT2D eigenvalue weighted by atomic mass is 16.8. The highest BCUT2D eigenvalue weighted by Crippen LogP contribution is 2.22. The van der Waals surface area contributed by atoms with E-state index in [-0.39, 0.29) is 6.10 Å². The molecule has 1 aliphatic rings. The molecule has 0 aromatic rings. The molecule has 1 rings (SSSR count). The molecule has 4 heteroatoms. The Hall–Kier alpha value is -0.420. The van der Waals surface area contributed by atoms with Crippen LogP contribution in [0.4, 0.5) is 0 Å². The standard InChI is InChI=1S/C10H18O4/c1-7(2)9(11)12-5-8-6-13-10(3,4)14-8/h8-9,11H,1,5-6H2,2-4H3. The Morgan fingerprint density at radius 1 is 1.71 bits per heavy atom. The van der Waals surface area contributed by atoms with Crippen LogP contribution in [0.5, 0.6) is 0 Å². The van der Waals surface area contributed by atoms with Crippen molar-refractivity contribution in [2.24, 2.45) is 0 Å². The second-order valence-electron chi connectivity index (χ2n) is 3.98. The minimum absolute atomic E-state index is 0.112. The van der Waals surface area contributed by atoms with Crippen LogP contribution in [0.25, 0.3) is 0 Å². The summed E-state index contributed by atoms with van der Waals surface area (Å²) in [7, 11) is 0. The van der Waals surface area contributed by atoms with Crippen LogP contribution in [-0.4, -0.2) is 36.5 Å². The number of aliphatic hydroxyl groups is 1. The Morgan fingerprint density at radius 3 is 2.79 bits per heavy atom. The lowest BCUT2D eigenvalue weighted by molar-refractivity contribution is -0.157. The van der Waals surface area contributed by atoms with Crippen molar-refractivity contribution < 1.29 is 19.3 Å². The average molecular weight is 202 g/mol. The van der Waals surface area contributed by atoms with Gasteiger partial charge >= 0.3 is 0 Å². The normalized spacial score (nSPS) is 27.6. The molecule has 14 heavy (non-hydrogen) atoms. The number of rotatable bonds is 4. The summed E-state index contributed by atoms with van der Waals surface area (Å²) >= 11 is 0. The molecule has 1 fully saturated rings. The van der Waals surface area contributed by atoms with E-state index in [0.29, 0.717) is 18.8 Å². The van der Waals surface area contributed by atoms with E-state index in [2.05, 4.69) is 6.58 Å². The predicted octanol–water partition coefficient (Wildman–Crippen LogP) is 1.05. The van der Waals surface area contributed by atoms with Crippen molar-refractivity contribution in [2.75, 3.05) is 13.2 Å². The first-order valence-corrected chi connectivity index (χ1v) is 4.67. The average Bonchev–Trinajstić information content (AvgIpc) is 2.41. The highest BCUT2D eigenvalue weighted by Gasteiger charge is 2.32. The third-order valence-corrected chi connectivity index (χ3v) is 1.93. The smallest absolute Gasteiger partial charge is 0.176 e. The molecule has 82 valence electrons. The molecule has 0 aromatic heterocycles. The van der Waals surface area contributed by atoms with Crippen LogP contribution in [0, 0.1) is 0 Å². The van der Waals surface area contributed by atoms with Gasteiger partial charge < -0.3 is 19.3 Å². The molecule has 0 aromatic carbocycles. The van der Waals surface area contributed by atoms with Crippen molar-refractivity contribution >= 4 is 0 Å². The molecule has 0 amide bonds. The Morgan fingerprint density at radius 2 is 2.36 bits per heavy atom. The van der Waals surface area contributed by atoms with Gasteiger partial charge in [-0.1, -0.05) is 6.58 Å². The Bertz CT molecular complexity index is 212. The first-order valence-electron chi connectivity index (χ1n) is 4.67. The van der Waals surface area contributed by atoms with E-state index < -0.39 is 12.1 Å².